The molecular weight excluding hydrogens is 290 g/mol. The van der Waals surface area contributed by atoms with Gasteiger partial charge in [0.2, 0.25) is 10.0 Å². The van der Waals surface area contributed by atoms with E-state index < -0.39 is 18.3 Å². The average Bonchev–Trinajstić information content (AvgIpc) is 2.56. The summed E-state index contributed by atoms with van der Waals surface area (Å²) in [4.78, 5) is 0. The molecule has 118 valence electrons. The number of nitrogens with zero attached hydrogens (tertiary/aromatic N) is 1. The molecule has 1 rings (SSSR count). The maximum atomic E-state index is 12.0. The Morgan fingerprint density at radius 2 is 1.85 bits per heavy atom. The molecule has 1 aliphatic heterocycles. The van der Waals surface area contributed by atoms with E-state index in [-0.39, 0.29) is 17.0 Å². The van der Waals surface area contributed by atoms with Crippen molar-refractivity contribution >= 4 is 18.3 Å². The number of hydrogen-bond donors (Lipinski definition) is 0. The van der Waals surface area contributed by atoms with Crippen LogP contribution >= 0.6 is 0 Å². The minimum absolute atomic E-state index is 0.0934. The number of rotatable bonds is 5. The van der Waals surface area contributed by atoms with Gasteiger partial charge in [-0.2, -0.15) is 4.31 Å². The molecule has 0 N–H and O–H groups in total. The zero-order chi connectivity index (χ0) is 15.8. The third kappa shape index (κ3) is 3.93. The molecule has 0 unspecified atom stereocenters. The molecule has 0 amide bonds. The van der Waals surface area contributed by atoms with Gasteiger partial charge in [-0.05, 0) is 24.1 Å². The van der Waals surface area contributed by atoms with Gasteiger partial charge in [-0.25, -0.2) is 8.42 Å². The van der Waals surface area contributed by atoms with E-state index in [0.717, 1.165) is 0 Å². The minimum Gasteiger partial charge on any atom is -0.415 e. The van der Waals surface area contributed by atoms with Gasteiger partial charge in [0.05, 0.1) is 6.61 Å². The van der Waals surface area contributed by atoms with Gasteiger partial charge in [-0.3, -0.25) is 0 Å². The van der Waals surface area contributed by atoms with Gasteiger partial charge in [-0.15, -0.1) is 0 Å². The lowest BCUT2D eigenvalue weighted by molar-refractivity contribution is 0.165. The predicted molar refractivity (Wildman–Crippen MR) is 86.5 cm³/mol. The number of sulfonamides is 1. The smallest absolute Gasteiger partial charge is 0.236 e. The highest BCUT2D eigenvalue weighted by Gasteiger charge is 2.40. The molecule has 0 aromatic heterocycles. The normalized spacial score (nSPS) is 21.6. The van der Waals surface area contributed by atoms with Crippen LogP contribution in [0.1, 0.15) is 34.6 Å². The molecule has 0 aromatic carbocycles. The Morgan fingerprint density at radius 3 is 2.20 bits per heavy atom. The number of hydrogen-bond acceptors (Lipinski definition) is 3. The molecule has 0 aromatic rings. The lowest BCUT2D eigenvalue weighted by atomic mass is 10.1. The minimum atomic E-state index is -3.25. The van der Waals surface area contributed by atoms with Gasteiger partial charge in [0.1, 0.15) is 0 Å². The highest BCUT2D eigenvalue weighted by molar-refractivity contribution is 7.92. The summed E-state index contributed by atoms with van der Waals surface area (Å²) in [6, 6.07) is -0.0934. The van der Waals surface area contributed by atoms with Crippen LogP contribution in [0.25, 0.3) is 0 Å². The zero-order valence-corrected chi connectivity index (χ0v) is 15.6. The summed E-state index contributed by atoms with van der Waals surface area (Å²) in [6.07, 6.45) is 1.71. The van der Waals surface area contributed by atoms with Crippen LogP contribution in [0.5, 0.6) is 0 Å². The van der Waals surface area contributed by atoms with Crippen molar-refractivity contribution in [2.45, 2.75) is 58.8 Å². The Hall–Kier alpha value is -0.173. The maximum Gasteiger partial charge on any atom is 0.236 e. The van der Waals surface area contributed by atoms with Gasteiger partial charge < -0.3 is 4.43 Å². The van der Waals surface area contributed by atoms with Gasteiger partial charge in [0, 0.05) is 18.0 Å². The van der Waals surface area contributed by atoms with Crippen molar-refractivity contribution in [2.75, 3.05) is 13.2 Å². The summed E-state index contributed by atoms with van der Waals surface area (Å²) in [5, 5.41) is 1.44. The second kappa shape index (κ2) is 5.91. The summed E-state index contributed by atoms with van der Waals surface area (Å²) < 4.78 is 31.8. The van der Waals surface area contributed by atoms with Gasteiger partial charge in [-0.1, -0.05) is 40.7 Å². The molecule has 0 fully saturated rings. The molecule has 1 atom stereocenters. The van der Waals surface area contributed by atoms with Crippen molar-refractivity contribution in [3.63, 3.8) is 0 Å². The van der Waals surface area contributed by atoms with Crippen molar-refractivity contribution in [3.05, 3.63) is 11.5 Å². The lowest BCUT2D eigenvalue weighted by Gasteiger charge is -2.39. The first-order chi connectivity index (χ1) is 8.88. The van der Waals surface area contributed by atoms with Gasteiger partial charge in [0.25, 0.3) is 0 Å². The van der Waals surface area contributed by atoms with Crippen LogP contribution in [-0.4, -0.2) is 40.2 Å². The monoisotopic (exact) mass is 319 g/mol. The molecule has 0 saturated carbocycles. The van der Waals surface area contributed by atoms with Gasteiger partial charge >= 0.3 is 0 Å². The molecule has 1 aliphatic rings. The standard InChI is InChI=1S/C14H29NO3SSi/c1-12(2)13(15-9-8-10-19(15,16)17)11-18-20(6,7)14(3,4)5/h8,10,12-13H,9,11H2,1-7H3/t13-/m1/s1. The average molecular weight is 320 g/mol. The van der Waals surface area contributed by atoms with Crippen LogP contribution < -0.4 is 0 Å². The van der Waals surface area contributed by atoms with Crippen LogP contribution in [0.4, 0.5) is 0 Å². The topological polar surface area (TPSA) is 46.6 Å². The predicted octanol–water partition coefficient (Wildman–Crippen LogP) is 3.19. The molecule has 0 saturated heterocycles. The molecule has 0 spiro atoms. The fourth-order valence-electron chi connectivity index (χ4n) is 1.89. The Labute approximate surface area is 125 Å². The second-order valence-electron chi connectivity index (χ2n) is 7.37. The summed E-state index contributed by atoms with van der Waals surface area (Å²) in [6.45, 7) is 16.0. The van der Waals surface area contributed by atoms with Crippen molar-refractivity contribution in [1.82, 2.24) is 4.31 Å². The first-order valence-electron chi connectivity index (χ1n) is 7.21. The first kappa shape index (κ1) is 17.9. The Morgan fingerprint density at radius 1 is 1.30 bits per heavy atom. The van der Waals surface area contributed by atoms with Crippen molar-refractivity contribution in [3.8, 4) is 0 Å². The van der Waals surface area contributed by atoms with E-state index in [2.05, 4.69) is 33.9 Å². The molecule has 1 heterocycles. The Balaban J connectivity index is 2.81. The maximum absolute atomic E-state index is 12.0. The van der Waals surface area contributed by atoms with E-state index in [1.54, 1.807) is 10.4 Å². The van der Waals surface area contributed by atoms with Crippen LogP contribution in [0.15, 0.2) is 11.5 Å². The Bertz CT molecular complexity index is 463. The summed E-state index contributed by atoms with van der Waals surface area (Å²) in [5.41, 5.74) is 0. The summed E-state index contributed by atoms with van der Waals surface area (Å²) >= 11 is 0. The summed E-state index contributed by atoms with van der Waals surface area (Å²) in [5.74, 6) is 0.231. The molecule has 20 heavy (non-hydrogen) atoms. The third-order valence-electron chi connectivity index (χ3n) is 4.44. The first-order valence-corrected chi connectivity index (χ1v) is 11.6. The fourth-order valence-corrected chi connectivity index (χ4v) is 4.37. The lowest BCUT2D eigenvalue weighted by Crippen LogP contribution is -2.48. The van der Waals surface area contributed by atoms with Crippen molar-refractivity contribution in [2.24, 2.45) is 5.92 Å². The molecule has 0 bridgehead atoms. The van der Waals surface area contributed by atoms with Gasteiger partial charge in [0.15, 0.2) is 8.32 Å². The molecular formula is C14H29NO3SSi. The molecule has 0 radical (unpaired) electrons. The quantitative estimate of drug-likeness (QED) is 0.731. The Kier molecular flexibility index (Phi) is 5.28. The van der Waals surface area contributed by atoms with E-state index in [9.17, 15) is 8.42 Å². The molecule has 4 nitrogen and oxygen atoms in total. The third-order valence-corrected chi connectivity index (χ3v) is 10.6. The summed E-state index contributed by atoms with van der Waals surface area (Å²) in [7, 11) is -5.10. The second-order valence-corrected chi connectivity index (χ2v) is 13.9. The largest absolute Gasteiger partial charge is 0.415 e. The van der Waals surface area contributed by atoms with Crippen LogP contribution in [0.3, 0.4) is 0 Å². The SMILES string of the molecule is CC(C)[C@@H](CO[Si](C)(C)C(C)(C)C)N1CC=CS1(=O)=O. The van der Waals surface area contributed by atoms with E-state index >= 15 is 0 Å². The van der Waals surface area contributed by atoms with E-state index in [4.69, 9.17) is 4.43 Å². The fraction of sp³-hybridized carbons (Fsp3) is 0.857. The van der Waals surface area contributed by atoms with Crippen LogP contribution in [0.2, 0.25) is 18.1 Å². The van der Waals surface area contributed by atoms with Crippen molar-refractivity contribution in [1.29, 1.82) is 0 Å². The zero-order valence-electron chi connectivity index (χ0n) is 13.8. The van der Waals surface area contributed by atoms with Crippen LogP contribution in [0, 0.1) is 5.92 Å². The highest BCUT2D eigenvalue weighted by Crippen LogP contribution is 2.37. The van der Waals surface area contributed by atoms with E-state index in [1.807, 2.05) is 13.8 Å². The van der Waals surface area contributed by atoms with E-state index in [0.29, 0.717) is 13.2 Å². The van der Waals surface area contributed by atoms with Crippen LogP contribution in [-0.2, 0) is 14.4 Å². The van der Waals surface area contributed by atoms with E-state index in [1.165, 1.54) is 5.41 Å². The highest BCUT2D eigenvalue weighted by atomic mass is 32.2. The molecule has 0 aliphatic carbocycles. The van der Waals surface area contributed by atoms with Crippen molar-refractivity contribution < 1.29 is 12.8 Å². The molecule has 6 heteroatoms.